The number of aromatic nitrogens is 1. The molecule has 2 aromatic carbocycles. The van der Waals surface area contributed by atoms with Crippen LogP contribution in [0.25, 0.3) is 21.8 Å². The van der Waals surface area contributed by atoms with Gasteiger partial charge < -0.3 is 15.8 Å². The van der Waals surface area contributed by atoms with Gasteiger partial charge in [-0.25, -0.2) is 0 Å². The van der Waals surface area contributed by atoms with Crippen molar-refractivity contribution in [1.29, 1.82) is 0 Å². The summed E-state index contributed by atoms with van der Waals surface area (Å²) in [5, 5.41) is 9.43. The van der Waals surface area contributed by atoms with E-state index in [9.17, 15) is 0 Å². The van der Waals surface area contributed by atoms with Crippen LogP contribution < -0.4 is 5.73 Å². The maximum absolute atomic E-state index is 7.00. The first-order chi connectivity index (χ1) is 7.86. The van der Waals surface area contributed by atoms with Gasteiger partial charge in [-0.3, -0.25) is 0 Å². The predicted molar refractivity (Wildman–Crippen MR) is 68.4 cm³/mol. The van der Waals surface area contributed by atoms with Crippen molar-refractivity contribution in [2.75, 3.05) is 12.8 Å². The first-order valence-corrected chi connectivity index (χ1v) is 5.06. The predicted octanol–water partition coefficient (Wildman–Crippen LogP) is 2.51. The van der Waals surface area contributed by atoms with Gasteiger partial charge in [-0.2, -0.15) is 0 Å². The van der Waals surface area contributed by atoms with E-state index < -0.39 is 0 Å². The van der Waals surface area contributed by atoms with Crippen LogP contribution in [0.15, 0.2) is 42.5 Å². The van der Waals surface area contributed by atoms with Crippen LogP contribution in [0.3, 0.4) is 0 Å². The van der Waals surface area contributed by atoms with Gasteiger partial charge in [0.25, 0.3) is 0 Å². The zero-order chi connectivity index (χ0) is 11.5. The number of aliphatic hydroxyl groups is 1. The quantitative estimate of drug-likeness (QED) is 0.503. The lowest BCUT2D eigenvalue weighted by Crippen LogP contribution is -1.84. The summed E-state index contributed by atoms with van der Waals surface area (Å²) < 4.78 is 0. The summed E-state index contributed by atoms with van der Waals surface area (Å²) in [6.45, 7) is 0. The number of nitrogens with two attached hydrogens (primary N) is 1. The van der Waals surface area contributed by atoms with Crippen LogP contribution in [-0.4, -0.2) is 17.2 Å². The van der Waals surface area contributed by atoms with Crippen molar-refractivity contribution in [2.45, 2.75) is 0 Å². The average molecular weight is 214 g/mol. The van der Waals surface area contributed by atoms with Crippen molar-refractivity contribution in [2.24, 2.45) is 0 Å². The maximum Gasteiger partial charge on any atom is 0.0698 e. The Morgan fingerprint density at radius 2 is 1.62 bits per heavy atom. The summed E-state index contributed by atoms with van der Waals surface area (Å²) in [5.74, 6) is 0. The second kappa shape index (κ2) is 4.24. The SMILES string of the molecule is CO.Nc1cccc2c1[nH]c1ccccc12. The number of fused-ring (bicyclic) bond motifs is 3. The number of H-pyrrole nitrogens is 1. The van der Waals surface area contributed by atoms with Crippen LogP contribution >= 0.6 is 0 Å². The third-order valence-corrected chi connectivity index (χ3v) is 2.57. The van der Waals surface area contributed by atoms with E-state index in [4.69, 9.17) is 10.8 Å². The Morgan fingerprint density at radius 3 is 2.44 bits per heavy atom. The fraction of sp³-hybridized carbons (Fsp3) is 0.0769. The first kappa shape index (κ1) is 10.5. The molecule has 0 fully saturated rings. The number of hydrogen-bond acceptors (Lipinski definition) is 2. The van der Waals surface area contributed by atoms with Crippen molar-refractivity contribution in [3.63, 3.8) is 0 Å². The minimum atomic E-state index is 0.804. The molecule has 0 radical (unpaired) electrons. The van der Waals surface area contributed by atoms with Crippen LogP contribution in [0, 0.1) is 0 Å². The molecule has 1 heterocycles. The van der Waals surface area contributed by atoms with Crippen molar-refractivity contribution < 1.29 is 5.11 Å². The standard InChI is InChI=1S/C12H10N2.CH4O/c13-10-6-3-5-9-8-4-1-2-7-11(8)14-12(9)10;1-2/h1-7,14H,13H2;2H,1H3. The molecule has 0 aliphatic heterocycles. The average Bonchev–Trinajstić information content (AvgIpc) is 2.72. The molecule has 0 amide bonds. The third kappa shape index (κ3) is 1.51. The molecule has 0 aliphatic carbocycles. The van der Waals surface area contributed by atoms with Gasteiger partial charge in [0.1, 0.15) is 0 Å². The summed E-state index contributed by atoms with van der Waals surface area (Å²) in [6.07, 6.45) is 0. The molecule has 0 saturated heterocycles. The molecule has 0 aliphatic rings. The van der Waals surface area contributed by atoms with E-state index in [-0.39, 0.29) is 0 Å². The number of nitrogen functional groups attached to an aromatic ring is 1. The largest absolute Gasteiger partial charge is 0.400 e. The molecule has 0 atom stereocenters. The lowest BCUT2D eigenvalue weighted by Gasteiger charge is -1.93. The lowest BCUT2D eigenvalue weighted by atomic mass is 10.1. The van der Waals surface area contributed by atoms with E-state index in [0.717, 1.165) is 23.8 Å². The third-order valence-electron chi connectivity index (χ3n) is 2.57. The summed E-state index contributed by atoms with van der Waals surface area (Å²) in [6, 6.07) is 14.2. The van der Waals surface area contributed by atoms with Crippen LogP contribution in [0.5, 0.6) is 0 Å². The Kier molecular flexibility index (Phi) is 2.79. The molecule has 1 aromatic heterocycles. The number of hydrogen-bond donors (Lipinski definition) is 3. The summed E-state index contributed by atoms with van der Waals surface area (Å²) in [7, 11) is 1.00. The molecule has 0 spiro atoms. The van der Waals surface area contributed by atoms with Gasteiger partial charge in [-0.05, 0) is 12.1 Å². The van der Waals surface area contributed by atoms with Crippen molar-refractivity contribution in [3.8, 4) is 0 Å². The van der Waals surface area contributed by atoms with E-state index in [1.165, 1.54) is 10.8 Å². The summed E-state index contributed by atoms with van der Waals surface area (Å²) in [4.78, 5) is 3.32. The molecular weight excluding hydrogens is 200 g/mol. The molecular formula is C13H14N2O. The maximum atomic E-state index is 7.00. The molecule has 16 heavy (non-hydrogen) atoms. The Labute approximate surface area is 93.5 Å². The highest BCUT2D eigenvalue weighted by molar-refractivity contribution is 6.10. The van der Waals surface area contributed by atoms with Gasteiger partial charge in [0.15, 0.2) is 0 Å². The fourth-order valence-electron chi connectivity index (χ4n) is 1.90. The number of benzene rings is 2. The Balaban J connectivity index is 0.000000457. The highest BCUT2D eigenvalue weighted by Crippen LogP contribution is 2.28. The van der Waals surface area contributed by atoms with Gasteiger partial charge in [-0.15, -0.1) is 0 Å². The minimum absolute atomic E-state index is 0.804. The fourth-order valence-corrected chi connectivity index (χ4v) is 1.90. The highest BCUT2D eigenvalue weighted by Gasteiger charge is 2.04. The van der Waals surface area contributed by atoms with Gasteiger partial charge in [0.2, 0.25) is 0 Å². The number of aromatic amines is 1. The number of para-hydroxylation sites is 2. The Morgan fingerprint density at radius 1 is 0.938 bits per heavy atom. The summed E-state index contributed by atoms with van der Waals surface area (Å²) >= 11 is 0. The molecule has 0 saturated carbocycles. The molecule has 0 bridgehead atoms. The molecule has 0 unspecified atom stereocenters. The number of nitrogens with one attached hydrogen (secondary N) is 1. The molecule has 3 nitrogen and oxygen atoms in total. The second-order valence-electron chi connectivity index (χ2n) is 3.44. The first-order valence-electron chi connectivity index (χ1n) is 5.06. The van der Waals surface area contributed by atoms with E-state index in [2.05, 4.69) is 23.2 Å². The minimum Gasteiger partial charge on any atom is -0.400 e. The monoisotopic (exact) mass is 214 g/mol. The van der Waals surface area contributed by atoms with E-state index in [1.807, 2.05) is 24.3 Å². The molecule has 3 aromatic rings. The summed E-state index contributed by atoms with van der Waals surface area (Å²) in [5.41, 5.74) is 8.87. The molecule has 4 N–H and O–H groups in total. The highest BCUT2D eigenvalue weighted by atomic mass is 16.2. The van der Waals surface area contributed by atoms with Crippen LogP contribution in [0.4, 0.5) is 5.69 Å². The smallest absolute Gasteiger partial charge is 0.0698 e. The number of rotatable bonds is 0. The van der Waals surface area contributed by atoms with Gasteiger partial charge >= 0.3 is 0 Å². The number of anilines is 1. The van der Waals surface area contributed by atoms with E-state index >= 15 is 0 Å². The molecule has 3 heteroatoms. The second-order valence-corrected chi connectivity index (χ2v) is 3.44. The van der Waals surface area contributed by atoms with Crippen LogP contribution in [0.2, 0.25) is 0 Å². The molecule has 82 valence electrons. The number of aliphatic hydroxyl groups excluding tert-OH is 1. The van der Waals surface area contributed by atoms with E-state index in [0.29, 0.717) is 0 Å². The van der Waals surface area contributed by atoms with Crippen LogP contribution in [-0.2, 0) is 0 Å². The topological polar surface area (TPSA) is 62.0 Å². The zero-order valence-electron chi connectivity index (χ0n) is 9.07. The Bertz CT molecular complexity index is 613. The van der Waals surface area contributed by atoms with Crippen molar-refractivity contribution in [1.82, 2.24) is 4.98 Å². The van der Waals surface area contributed by atoms with Crippen molar-refractivity contribution >= 4 is 27.5 Å². The van der Waals surface area contributed by atoms with Crippen LogP contribution in [0.1, 0.15) is 0 Å². The zero-order valence-corrected chi connectivity index (χ0v) is 9.07. The van der Waals surface area contributed by atoms with Crippen molar-refractivity contribution in [3.05, 3.63) is 42.5 Å². The Hall–Kier alpha value is -2.00. The lowest BCUT2D eigenvalue weighted by molar-refractivity contribution is 0.399. The normalized spacial score (nSPS) is 10.1. The van der Waals surface area contributed by atoms with E-state index in [1.54, 1.807) is 0 Å². The van der Waals surface area contributed by atoms with Gasteiger partial charge in [0.05, 0.1) is 11.2 Å². The molecule has 3 rings (SSSR count). The van der Waals surface area contributed by atoms with Gasteiger partial charge in [-0.1, -0.05) is 30.3 Å². The van der Waals surface area contributed by atoms with Gasteiger partial charge in [0, 0.05) is 23.4 Å².